The number of hydrogen-bond acceptors (Lipinski definition) is 3. The molecule has 1 aromatic rings. The molecule has 0 saturated heterocycles. The maximum atomic E-state index is 10.7. The molecule has 1 heterocycles. The van der Waals surface area contributed by atoms with E-state index >= 15 is 0 Å². The van der Waals surface area contributed by atoms with E-state index in [0.29, 0.717) is 0 Å². The zero-order valence-electron chi connectivity index (χ0n) is 7.11. The van der Waals surface area contributed by atoms with Crippen molar-refractivity contribution in [2.24, 2.45) is 0 Å². The fourth-order valence-corrected chi connectivity index (χ4v) is 0.759. The first-order valence-electron chi connectivity index (χ1n) is 3.67. The molecule has 0 aromatic carbocycles. The lowest BCUT2D eigenvalue weighted by Crippen LogP contribution is -2.01. The number of ether oxygens (including phenoxy) is 1. The summed E-state index contributed by atoms with van der Waals surface area (Å²) >= 11 is 0. The lowest BCUT2D eigenvalue weighted by molar-refractivity contribution is -0.134. The summed E-state index contributed by atoms with van der Waals surface area (Å²) < 4.78 is 4.40. The first kappa shape index (κ1) is 9.25. The van der Waals surface area contributed by atoms with E-state index < -0.39 is 5.97 Å². The third-order valence-corrected chi connectivity index (χ3v) is 1.42. The summed E-state index contributed by atoms with van der Waals surface area (Å²) in [5.74, 6) is -0.425. The molecule has 0 fully saturated rings. The Hall–Kier alpha value is -1.84. The molecule has 0 aliphatic rings. The Bertz CT molecular complexity index is 358. The number of aromatic amines is 1. The minimum Gasteiger partial charge on any atom is -0.466 e. The number of rotatable bonds is 2. The average molecular weight is 179 g/mol. The number of nitrogens with one attached hydrogen (secondary N) is 1. The molecule has 68 valence electrons. The molecule has 0 amide bonds. The van der Waals surface area contributed by atoms with Crippen LogP contribution in [-0.2, 0) is 9.53 Å². The number of esters is 1. The Morgan fingerprint density at radius 1 is 1.54 bits per heavy atom. The van der Waals surface area contributed by atoms with Crippen molar-refractivity contribution < 1.29 is 9.53 Å². The molecule has 4 heteroatoms. The standard InChI is InChI=1S/C9H9NO3/c1-13-9(12)5-3-7-2-4-8(11)10-6-7/h2-6H,1H3,(H,10,11)/b5-3+. The van der Waals surface area contributed by atoms with Gasteiger partial charge >= 0.3 is 5.97 Å². The summed E-state index contributed by atoms with van der Waals surface area (Å²) in [7, 11) is 1.31. The molecule has 0 aliphatic carbocycles. The number of pyridine rings is 1. The summed E-state index contributed by atoms with van der Waals surface area (Å²) in [6.45, 7) is 0. The van der Waals surface area contributed by atoms with Gasteiger partial charge in [0.15, 0.2) is 0 Å². The van der Waals surface area contributed by atoms with E-state index in [1.165, 1.54) is 25.4 Å². The van der Waals surface area contributed by atoms with Crippen LogP contribution in [0.25, 0.3) is 6.08 Å². The normalized spacial score (nSPS) is 10.2. The van der Waals surface area contributed by atoms with Gasteiger partial charge < -0.3 is 9.72 Å². The Morgan fingerprint density at radius 3 is 2.85 bits per heavy atom. The Kier molecular flexibility index (Phi) is 3.03. The summed E-state index contributed by atoms with van der Waals surface area (Å²) in [6, 6.07) is 3.00. The monoisotopic (exact) mass is 179 g/mol. The molecule has 0 atom stereocenters. The van der Waals surface area contributed by atoms with Crippen LogP contribution in [0.2, 0.25) is 0 Å². The number of carbonyl (C=O) groups excluding carboxylic acids is 1. The van der Waals surface area contributed by atoms with Crippen LogP contribution in [-0.4, -0.2) is 18.1 Å². The number of aromatic nitrogens is 1. The van der Waals surface area contributed by atoms with E-state index in [1.807, 2.05) is 0 Å². The van der Waals surface area contributed by atoms with Gasteiger partial charge in [0.2, 0.25) is 5.56 Å². The van der Waals surface area contributed by atoms with Gasteiger partial charge in [-0.05, 0) is 17.7 Å². The highest BCUT2D eigenvalue weighted by Gasteiger charge is 1.91. The van der Waals surface area contributed by atoms with Gasteiger partial charge in [-0.1, -0.05) is 0 Å². The van der Waals surface area contributed by atoms with Crippen LogP contribution in [0.3, 0.4) is 0 Å². The molecule has 0 radical (unpaired) electrons. The highest BCUT2D eigenvalue weighted by atomic mass is 16.5. The van der Waals surface area contributed by atoms with Crippen LogP contribution in [0.1, 0.15) is 5.56 Å². The fraction of sp³-hybridized carbons (Fsp3) is 0.111. The number of H-pyrrole nitrogens is 1. The SMILES string of the molecule is COC(=O)/C=C/c1ccc(=O)[nH]c1. The van der Waals surface area contributed by atoms with Crippen molar-refractivity contribution in [1.29, 1.82) is 0 Å². The van der Waals surface area contributed by atoms with Crippen molar-refractivity contribution in [2.75, 3.05) is 7.11 Å². The maximum absolute atomic E-state index is 10.7. The third-order valence-electron chi connectivity index (χ3n) is 1.42. The number of hydrogen-bond donors (Lipinski definition) is 1. The Balaban J connectivity index is 2.75. The first-order valence-corrected chi connectivity index (χ1v) is 3.67. The van der Waals surface area contributed by atoms with Crippen molar-refractivity contribution in [3.05, 3.63) is 40.3 Å². The van der Waals surface area contributed by atoms with Gasteiger partial charge in [0.25, 0.3) is 0 Å². The number of carbonyl (C=O) groups is 1. The summed E-state index contributed by atoms with van der Waals surface area (Å²) in [5.41, 5.74) is 0.570. The molecule has 1 rings (SSSR count). The van der Waals surface area contributed by atoms with Gasteiger partial charge in [0, 0.05) is 18.3 Å². The zero-order chi connectivity index (χ0) is 9.68. The van der Waals surface area contributed by atoms with E-state index in [9.17, 15) is 9.59 Å². The molecule has 13 heavy (non-hydrogen) atoms. The van der Waals surface area contributed by atoms with Crippen LogP contribution in [0.15, 0.2) is 29.2 Å². The van der Waals surface area contributed by atoms with Crippen molar-refractivity contribution in [2.45, 2.75) is 0 Å². The average Bonchev–Trinajstić information content (AvgIpc) is 2.16. The molecular formula is C9H9NO3. The van der Waals surface area contributed by atoms with Gasteiger partial charge in [-0.25, -0.2) is 4.79 Å². The largest absolute Gasteiger partial charge is 0.466 e. The van der Waals surface area contributed by atoms with Crippen LogP contribution in [0.5, 0.6) is 0 Å². The predicted octanol–water partition coefficient (Wildman–Crippen LogP) is 0.561. The van der Waals surface area contributed by atoms with Gasteiger partial charge in [0.05, 0.1) is 7.11 Å². The quantitative estimate of drug-likeness (QED) is 0.533. The highest BCUT2D eigenvalue weighted by Crippen LogP contribution is 1.96. The van der Waals surface area contributed by atoms with E-state index in [1.54, 1.807) is 12.1 Å². The van der Waals surface area contributed by atoms with Crippen LogP contribution in [0.4, 0.5) is 0 Å². The first-order chi connectivity index (χ1) is 6.22. The lowest BCUT2D eigenvalue weighted by Gasteiger charge is -1.91. The highest BCUT2D eigenvalue weighted by molar-refractivity contribution is 5.86. The molecule has 1 aromatic heterocycles. The van der Waals surface area contributed by atoms with Gasteiger partial charge in [-0.15, -0.1) is 0 Å². The molecule has 0 saturated carbocycles. The van der Waals surface area contributed by atoms with E-state index in [0.717, 1.165) is 5.56 Å². The fourth-order valence-electron chi connectivity index (χ4n) is 0.759. The third kappa shape index (κ3) is 2.94. The summed E-state index contributed by atoms with van der Waals surface area (Å²) in [6.07, 6.45) is 4.36. The van der Waals surface area contributed by atoms with Gasteiger partial charge in [-0.3, -0.25) is 4.79 Å². The van der Waals surface area contributed by atoms with E-state index in [2.05, 4.69) is 9.72 Å². The second-order valence-corrected chi connectivity index (χ2v) is 2.34. The predicted molar refractivity (Wildman–Crippen MR) is 48.1 cm³/mol. The van der Waals surface area contributed by atoms with Crippen LogP contribution < -0.4 is 5.56 Å². The van der Waals surface area contributed by atoms with Crippen LogP contribution >= 0.6 is 0 Å². The lowest BCUT2D eigenvalue weighted by atomic mass is 10.2. The van der Waals surface area contributed by atoms with Gasteiger partial charge in [0.1, 0.15) is 0 Å². The number of methoxy groups -OCH3 is 1. The Labute approximate surface area is 74.9 Å². The van der Waals surface area contributed by atoms with Crippen molar-refractivity contribution in [1.82, 2.24) is 4.98 Å². The topological polar surface area (TPSA) is 59.2 Å². The molecule has 0 aliphatic heterocycles. The van der Waals surface area contributed by atoms with Crippen LogP contribution in [0, 0.1) is 0 Å². The molecule has 1 N–H and O–H groups in total. The zero-order valence-corrected chi connectivity index (χ0v) is 7.11. The van der Waals surface area contributed by atoms with Crippen molar-refractivity contribution >= 4 is 12.0 Å². The maximum Gasteiger partial charge on any atom is 0.330 e. The second kappa shape index (κ2) is 4.25. The molecular weight excluding hydrogens is 170 g/mol. The summed E-state index contributed by atoms with van der Waals surface area (Å²) in [5, 5.41) is 0. The molecule has 0 spiro atoms. The molecule has 4 nitrogen and oxygen atoms in total. The van der Waals surface area contributed by atoms with Crippen molar-refractivity contribution in [3.8, 4) is 0 Å². The molecule has 0 bridgehead atoms. The minimum absolute atomic E-state index is 0.171. The minimum atomic E-state index is -0.425. The smallest absolute Gasteiger partial charge is 0.330 e. The van der Waals surface area contributed by atoms with Crippen molar-refractivity contribution in [3.63, 3.8) is 0 Å². The second-order valence-electron chi connectivity index (χ2n) is 2.34. The molecule has 0 unspecified atom stereocenters. The van der Waals surface area contributed by atoms with Gasteiger partial charge in [-0.2, -0.15) is 0 Å². The summed E-state index contributed by atoms with van der Waals surface area (Å²) in [4.78, 5) is 23.8. The Morgan fingerprint density at radius 2 is 2.31 bits per heavy atom. The van der Waals surface area contributed by atoms with E-state index in [-0.39, 0.29) is 5.56 Å². The van der Waals surface area contributed by atoms with E-state index in [4.69, 9.17) is 0 Å².